The van der Waals surface area contributed by atoms with Crippen LogP contribution in [-0.2, 0) is 6.54 Å². The van der Waals surface area contributed by atoms with Crippen LogP contribution in [0.1, 0.15) is 25.0 Å². The molecule has 5 heteroatoms. The fraction of sp³-hybridized carbons (Fsp3) is 0.190. The van der Waals surface area contributed by atoms with Gasteiger partial charge in [0.1, 0.15) is 5.75 Å². The Balaban J connectivity index is 1.86. The number of hydrogen-bond acceptors (Lipinski definition) is 3. The molecule has 0 aromatic heterocycles. The SMILES string of the molecule is CC(C)Oc1ccc2ccccc2c1/C=N\NCc1c(Cl)cccc1Cl. The van der Waals surface area contributed by atoms with Crippen molar-refractivity contribution in [2.75, 3.05) is 0 Å². The number of rotatable bonds is 6. The van der Waals surface area contributed by atoms with Gasteiger partial charge in [0.2, 0.25) is 0 Å². The van der Waals surface area contributed by atoms with Crippen LogP contribution in [-0.4, -0.2) is 12.3 Å². The third-order valence-electron chi connectivity index (χ3n) is 3.90. The Morgan fingerprint density at radius 2 is 1.73 bits per heavy atom. The van der Waals surface area contributed by atoms with E-state index >= 15 is 0 Å². The summed E-state index contributed by atoms with van der Waals surface area (Å²) in [5.74, 6) is 0.806. The molecule has 26 heavy (non-hydrogen) atoms. The van der Waals surface area contributed by atoms with Crippen LogP contribution in [0.15, 0.2) is 59.7 Å². The lowest BCUT2D eigenvalue weighted by Gasteiger charge is -2.14. The lowest BCUT2D eigenvalue weighted by molar-refractivity contribution is 0.242. The predicted molar refractivity (Wildman–Crippen MR) is 111 cm³/mol. The third-order valence-corrected chi connectivity index (χ3v) is 4.60. The van der Waals surface area contributed by atoms with Crippen molar-refractivity contribution in [3.05, 3.63) is 75.8 Å². The van der Waals surface area contributed by atoms with Gasteiger partial charge in [-0.15, -0.1) is 0 Å². The van der Waals surface area contributed by atoms with Crippen LogP contribution in [0.5, 0.6) is 5.75 Å². The molecule has 0 aliphatic rings. The molecule has 0 amide bonds. The summed E-state index contributed by atoms with van der Waals surface area (Å²) in [6, 6.07) is 17.6. The van der Waals surface area contributed by atoms with Crippen LogP contribution < -0.4 is 10.2 Å². The Hall–Kier alpha value is -2.23. The highest BCUT2D eigenvalue weighted by Crippen LogP contribution is 2.28. The smallest absolute Gasteiger partial charge is 0.129 e. The maximum Gasteiger partial charge on any atom is 0.129 e. The number of nitrogens with one attached hydrogen (secondary N) is 1. The van der Waals surface area contributed by atoms with E-state index in [0.717, 1.165) is 27.6 Å². The lowest BCUT2D eigenvalue weighted by Crippen LogP contribution is -2.09. The minimum atomic E-state index is 0.0817. The molecule has 1 N–H and O–H groups in total. The molecule has 0 saturated carbocycles. The number of ether oxygens (including phenoxy) is 1. The summed E-state index contributed by atoms with van der Waals surface area (Å²) < 4.78 is 5.95. The molecular weight excluding hydrogens is 367 g/mol. The van der Waals surface area contributed by atoms with Gasteiger partial charge in [0, 0.05) is 21.2 Å². The largest absolute Gasteiger partial charge is 0.490 e. The molecule has 3 aromatic carbocycles. The van der Waals surface area contributed by atoms with Crippen LogP contribution in [0.3, 0.4) is 0 Å². The van der Waals surface area contributed by atoms with Gasteiger partial charge in [0.05, 0.1) is 18.9 Å². The van der Waals surface area contributed by atoms with Gasteiger partial charge in [-0.05, 0) is 42.8 Å². The molecule has 0 atom stereocenters. The highest BCUT2D eigenvalue weighted by molar-refractivity contribution is 6.35. The summed E-state index contributed by atoms with van der Waals surface area (Å²) in [6.45, 7) is 4.46. The van der Waals surface area contributed by atoms with Crippen LogP contribution in [0.2, 0.25) is 10.0 Å². The molecular formula is C21H20Cl2N2O. The van der Waals surface area contributed by atoms with E-state index in [4.69, 9.17) is 27.9 Å². The van der Waals surface area contributed by atoms with Gasteiger partial charge in [-0.2, -0.15) is 5.10 Å². The van der Waals surface area contributed by atoms with E-state index in [0.29, 0.717) is 16.6 Å². The first kappa shape index (κ1) is 18.6. The molecule has 3 aromatic rings. The summed E-state index contributed by atoms with van der Waals surface area (Å²) in [6.07, 6.45) is 1.86. The monoisotopic (exact) mass is 386 g/mol. The molecule has 0 aliphatic carbocycles. The molecule has 134 valence electrons. The molecule has 0 unspecified atom stereocenters. The summed E-state index contributed by atoms with van der Waals surface area (Å²) in [5.41, 5.74) is 4.79. The molecule has 3 nitrogen and oxygen atoms in total. The first-order valence-electron chi connectivity index (χ1n) is 8.43. The maximum atomic E-state index is 6.19. The Labute approximate surface area is 163 Å². The van der Waals surface area contributed by atoms with Crippen molar-refractivity contribution >= 4 is 40.2 Å². The van der Waals surface area contributed by atoms with Crippen molar-refractivity contribution < 1.29 is 4.74 Å². The Kier molecular flexibility index (Phi) is 6.02. The first-order chi connectivity index (χ1) is 12.6. The zero-order valence-electron chi connectivity index (χ0n) is 14.7. The number of halogens is 2. The van der Waals surface area contributed by atoms with E-state index < -0.39 is 0 Å². The highest BCUT2D eigenvalue weighted by Gasteiger charge is 2.09. The summed E-state index contributed by atoms with van der Waals surface area (Å²) >= 11 is 12.4. The lowest BCUT2D eigenvalue weighted by atomic mass is 10.0. The zero-order chi connectivity index (χ0) is 18.5. The predicted octanol–water partition coefficient (Wildman–Crippen LogP) is 6.06. The van der Waals surface area contributed by atoms with Crippen LogP contribution in [0.4, 0.5) is 0 Å². The Bertz CT molecular complexity index is 918. The molecule has 0 saturated heterocycles. The van der Waals surface area contributed by atoms with Crippen molar-refractivity contribution in [3.8, 4) is 5.75 Å². The van der Waals surface area contributed by atoms with Crippen molar-refractivity contribution in [1.82, 2.24) is 5.43 Å². The van der Waals surface area contributed by atoms with Crippen molar-refractivity contribution in [1.29, 1.82) is 0 Å². The summed E-state index contributed by atoms with van der Waals surface area (Å²) in [7, 11) is 0. The average Bonchev–Trinajstić information content (AvgIpc) is 2.61. The number of nitrogens with zero attached hydrogens (tertiary/aromatic N) is 1. The van der Waals surface area contributed by atoms with Crippen LogP contribution in [0, 0.1) is 0 Å². The van der Waals surface area contributed by atoms with Crippen LogP contribution >= 0.6 is 23.2 Å². The molecule has 3 rings (SSSR count). The van der Waals surface area contributed by atoms with E-state index in [1.165, 1.54) is 0 Å². The van der Waals surface area contributed by atoms with Gasteiger partial charge < -0.3 is 10.2 Å². The standard InChI is InChI=1S/C21H20Cl2N2O/c1-14(2)26-21-11-10-15-6-3-4-7-16(15)17(21)12-24-25-13-18-19(22)8-5-9-20(18)23/h3-12,14,25H,13H2,1-2H3/b24-12-. The summed E-state index contributed by atoms with van der Waals surface area (Å²) in [4.78, 5) is 0. The Morgan fingerprint density at radius 1 is 1.00 bits per heavy atom. The number of benzene rings is 3. The quantitative estimate of drug-likeness (QED) is 0.412. The fourth-order valence-corrected chi connectivity index (χ4v) is 3.23. The van der Waals surface area contributed by atoms with E-state index in [1.54, 1.807) is 6.21 Å². The van der Waals surface area contributed by atoms with Crippen molar-refractivity contribution in [2.24, 2.45) is 5.10 Å². The molecule has 0 spiro atoms. The zero-order valence-corrected chi connectivity index (χ0v) is 16.2. The van der Waals surface area contributed by atoms with Gasteiger partial charge in [-0.3, -0.25) is 0 Å². The molecule has 0 radical (unpaired) electrons. The Morgan fingerprint density at radius 3 is 2.46 bits per heavy atom. The third kappa shape index (κ3) is 4.29. The fourth-order valence-electron chi connectivity index (χ4n) is 2.70. The van der Waals surface area contributed by atoms with Gasteiger partial charge in [-0.1, -0.05) is 59.6 Å². The van der Waals surface area contributed by atoms with E-state index in [9.17, 15) is 0 Å². The summed E-state index contributed by atoms with van der Waals surface area (Å²) in [5, 5.41) is 7.83. The van der Waals surface area contributed by atoms with E-state index in [1.807, 2.05) is 50.2 Å². The van der Waals surface area contributed by atoms with Gasteiger partial charge in [-0.25, -0.2) is 0 Å². The van der Waals surface area contributed by atoms with Crippen LogP contribution in [0.25, 0.3) is 10.8 Å². The molecule has 0 bridgehead atoms. The normalized spacial score (nSPS) is 11.4. The first-order valence-corrected chi connectivity index (χ1v) is 9.19. The van der Waals surface area contributed by atoms with Crippen molar-refractivity contribution in [3.63, 3.8) is 0 Å². The minimum absolute atomic E-state index is 0.0817. The molecule has 0 heterocycles. The van der Waals surface area contributed by atoms with Gasteiger partial charge >= 0.3 is 0 Å². The highest BCUT2D eigenvalue weighted by atomic mass is 35.5. The maximum absolute atomic E-state index is 6.19. The number of fused-ring (bicyclic) bond motifs is 1. The molecule has 0 aliphatic heterocycles. The molecule has 0 fully saturated rings. The average molecular weight is 387 g/mol. The number of hydrazone groups is 1. The van der Waals surface area contributed by atoms with Gasteiger partial charge in [0.15, 0.2) is 0 Å². The number of hydrogen-bond donors (Lipinski definition) is 1. The minimum Gasteiger partial charge on any atom is -0.490 e. The topological polar surface area (TPSA) is 33.6 Å². The van der Waals surface area contributed by atoms with Crippen molar-refractivity contribution in [2.45, 2.75) is 26.5 Å². The second-order valence-corrected chi connectivity index (χ2v) is 6.97. The second kappa shape index (κ2) is 8.43. The second-order valence-electron chi connectivity index (χ2n) is 6.16. The van der Waals surface area contributed by atoms with E-state index in [2.05, 4.69) is 28.7 Å². The van der Waals surface area contributed by atoms with E-state index in [-0.39, 0.29) is 6.10 Å². The van der Waals surface area contributed by atoms with Gasteiger partial charge in [0.25, 0.3) is 0 Å².